The Bertz CT molecular complexity index is 426. The van der Waals surface area contributed by atoms with Gasteiger partial charge >= 0.3 is 23.9 Å². The summed E-state index contributed by atoms with van der Waals surface area (Å²) in [7, 11) is 0. The van der Waals surface area contributed by atoms with Crippen molar-refractivity contribution in [3.63, 3.8) is 0 Å². The highest BCUT2D eigenvalue weighted by atomic mass is 16.5. The van der Waals surface area contributed by atoms with E-state index < -0.39 is 42.1 Å². The zero-order chi connectivity index (χ0) is 21.3. The van der Waals surface area contributed by atoms with E-state index in [4.69, 9.17) is 36.4 Å². The van der Waals surface area contributed by atoms with Gasteiger partial charge in [0.1, 0.15) is 18.2 Å². The van der Waals surface area contributed by atoms with Crippen molar-refractivity contribution in [2.75, 3.05) is 19.8 Å². The topological polar surface area (TPSA) is 251 Å². The van der Waals surface area contributed by atoms with Gasteiger partial charge in [-0.05, 0) is 6.92 Å². The van der Waals surface area contributed by atoms with E-state index in [0.717, 1.165) is 0 Å². The fourth-order valence-corrected chi connectivity index (χ4v) is 0.807. The van der Waals surface area contributed by atoms with Crippen molar-refractivity contribution in [2.45, 2.75) is 38.0 Å². The molecule has 0 fully saturated rings. The van der Waals surface area contributed by atoms with Crippen LogP contribution in [0.1, 0.15) is 19.8 Å². The molecule has 10 N–H and O–H groups in total. The second kappa shape index (κ2) is 17.5. The van der Waals surface area contributed by atoms with Gasteiger partial charge in [-0.2, -0.15) is 0 Å². The standard InChI is InChI=1S/C8H13NO6.C3H8O3.C2H5NO2/c1-4(7(9)8(13)14)15-6(12)3-2-5(10)11;4-1-3(6)2-5;3-1-2(4)5/h4,7H,2-3,9H2,1H3,(H,10,11)(H,13,14);3-6H,1-2H2;1,3H2,(H,4,5). The highest BCUT2D eigenvalue weighted by Gasteiger charge is 2.23. The molecular formula is C13H26N2O11. The van der Waals surface area contributed by atoms with E-state index in [2.05, 4.69) is 10.5 Å². The van der Waals surface area contributed by atoms with Gasteiger partial charge in [0, 0.05) is 0 Å². The average Bonchev–Trinajstić information content (AvgIpc) is 2.59. The molecule has 13 heteroatoms. The number of aliphatic carboxylic acids is 3. The third kappa shape index (κ3) is 21.7. The molecule has 0 saturated carbocycles. The number of carbonyl (C=O) groups is 4. The number of hydrogen-bond donors (Lipinski definition) is 8. The predicted octanol–water partition coefficient (Wildman–Crippen LogP) is -3.44. The molecule has 154 valence electrons. The van der Waals surface area contributed by atoms with E-state index in [9.17, 15) is 19.2 Å². The van der Waals surface area contributed by atoms with Crippen molar-refractivity contribution in [3.8, 4) is 0 Å². The number of carboxylic acids is 3. The highest BCUT2D eigenvalue weighted by Crippen LogP contribution is 2.01. The fourth-order valence-electron chi connectivity index (χ4n) is 0.807. The maximum absolute atomic E-state index is 11.0. The van der Waals surface area contributed by atoms with Crippen LogP contribution in [0.15, 0.2) is 0 Å². The van der Waals surface area contributed by atoms with Gasteiger partial charge in [-0.1, -0.05) is 0 Å². The first kappa shape index (κ1) is 28.5. The maximum atomic E-state index is 11.0. The SMILES string of the molecule is CC(OC(=O)CCC(=O)O)C(N)C(=O)O.NCC(=O)O.OCC(O)CO. The van der Waals surface area contributed by atoms with E-state index in [1.807, 2.05) is 0 Å². The number of aliphatic hydroxyl groups is 3. The summed E-state index contributed by atoms with van der Waals surface area (Å²) in [6.45, 7) is 0.324. The van der Waals surface area contributed by atoms with Gasteiger partial charge in [-0.15, -0.1) is 0 Å². The first-order valence-electron chi connectivity index (χ1n) is 7.14. The van der Waals surface area contributed by atoms with E-state index in [0.29, 0.717) is 0 Å². The Balaban J connectivity index is -0.000000394. The van der Waals surface area contributed by atoms with Crippen LogP contribution >= 0.6 is 0 Å². The second-order valence-electron chi connectivity index (χ2n) is 4.57. The van der Waals surface area contributed by atoms with Crippen LogP contribution in [0.2, 0.25) is 0 Å². The number of carbonyl (C=O) groups excluding carboxylic acids is 1. The minimum atomic E-state index is -1.31. The van der Waals surface area contributed by atoms with Gasteiger partial charge < -0.3 is 46.8 Å². The van der Waals surface area contributed by atoms with Gasteiger partial charge in [0.05, 0.1) is 32.6 Å². The van der Waals surface area contributed by atoms with Crippen LogP contribution in [-0.4, -0.2) is 92.5 Å². The number of esters is 1. The summed E-state index contributed by atoms with van der Waals surface area (Å²) >= 11 is 0. The molecule has 0 spiro atoms. The van der Waals surface area contributed by atoms with Crippen molar-refractivity contribution < 1.29 is 54.6 Å². The van der Waals surface area contributed by atoms with Crippen molar-refractivity contribution in [1.29, 1.82) is 0 Å². The molecule has 0 bridgehead atoms. The number of ether oxygens (including phenoxy) is 1. The molecule has 0 aromatic heterocycles. The fraction of sp³-hybridized carbons (Fsp3) is 0.692. The smallest absolute Gasteiger partial charge is 0.324 e. The van der Waals surface area contributed by atoms with Crippen molar-refractivity contribution >= 4 is 23.9 Å². The number of hydrogen-bond acceptors (Lipinski definition) is 10. The third-order valence-corrected chi connectivity index (χ3v) is 2.25. The van der Waals surface area contributed by atoms with Crippen LogP contribution in [0.5, 0.6) is 0 Å². The summed E-state index contributed by atoms with van der Waals surface area (Å²) < 4.78 is 4.62. The molecule has 2 atom stereocenters. The average molecular weight is 386 g/mol. The Morgan fingerprint density at radius 1 is 0.962 bits per heavy atom. The minimum Gasteiger partial charge on any atom is -0.481 e. The summed E-state index contributed by atoms with van der Waals surface area (Å²) in [5.74, 6) is -4.15. The first-order valence-corrected chi connectivity index (χ1v) is 7.14. The number of carboxylic acid groups (broad SMARTS) is 3. The monoisotopic (exact) mass is 386 g/mol. The molecule has 0 aliphatic carbocycles. The molecule has 0 heterocycles. The van der Waals surface area contributed by atoms with Gasteiger partial charge in [-0.3, -0.25) is 19.2 Å². The molecule has 0 rings (SSSR count). The van der Waals surface area contributed by atoms with E-state index in [-0.39, 0.29) is 32.6 Å². The Morgan fingerprint density at radius 3 is 1.62 bits per heavy atom. The summed E-state index contributed by atoms with van der Waals surface area (Å²) in [5, 5.41) is 48.4. The largest absolute Gasteiger partial charge is 0.481 e. The molecular weight excluding hydrogens is 360 g/mol. The summed E-state index contributed by atoms with van der Waals surface area (Å²) in [6, 6.07) is -1.31. The number of aliphatic hydroxyl groups excluding tert-OH is 3. The van der Waals surface area contributed by atoms with Crippen molar-refractivity contribution in [3.05, 3.63) is 0 Å². The van der Waals surface area contributed by atoms with Gasteiger partial charge in [-0.25, -0.2) is 0 Å². The van der Waals surface area contributed by atoms with Crippen LogP contribution < -0.4 is 11.5 Å². The Labute approximate surface area is 148 Å². The summed E-state index contributed by atoms with van der Waals surface area (Å²) in [5.41, 5.74) is 9.74. The van der Waals surface area contributed by atoms with Crippen LogP contribution in [-0.2, 0) is 23.9 Å². The van der Waals surface area contributed by atoms with Crippen LogP contribution in [0.4, 0.5) is 0 Å². The zero-order valence-electron chi connectivity index (χ0n) is 14.1. The molecule has 0 amide bonds. The lowest BCUT2D eigenvalue weighted by atomic mass is 10.2. The predicted molar refractivity (Wildman–Crippen MR) is 84.9 cm³/mol. The second-order valence-corrected chi connectivity index (χ2v) is 4.57. The quantitative estimate of drug-likeness (QED) is 0.180. The van der Waals surface area contributed by atoms with Crippen LogP contribution in [0.3, 0.4) is 0 Å². The Morgan fingerprint density at radius 2 is 1.38 bits per heavy atom. The maximum Gasteiger partial charge on any atom is 0.324 e. The Kier molecular flexibility index (Phi) is 19.2. The van der Waals surface area contributed by atoms with Gasteiger partial charge in [0.2, 0.25) is 0 Å². The molecule has 0 radical (unpaired) electrons. The van der Waals surface area contributed by atoms with Crippen molar-refractivity contribution in [1.82, 2.24) is 0 Å². The molecule has 0 aromatic carbocycles. The molecule has 0 aromatic rings. The number of nitrogens with two attached hydrogens (primary N) is 2. The lowest BCUT2D eigenvalue weighted by Crippen LogP contribution is -2.42. The lowest BCUT2D eigenvalue weighted by Gasteiger charge is -2.16. The first-order chi connectivity index (χ1) is 11.9. The molecule has 0 saturated heterocycles. The molecule has 13 nitrogen and oxygen atoms in total. The van der Waals surface area contributed by atoms with Crippen LogP contribution in [0, 0.1) is 0 Å². The van der Waals surface area contributed by atoms with E-state index in [1.54, 1.807) is 0 Å². The minimum absolute atomic E-state index is 0.278. The van der Waals surface area contributed by atoms with E-state index in [1.165, 1.54) is 6.92 Å². The van der Waals surface area contributed by atoms with Crippen molar-refractivity contribution in [2.24, 2.45) is 11.5 Å². The lowest BCUT2D eigenvalue weighted by molar-refractivity contribution is -0.155. The molecule has 2 unspecified atom stereocenters. The zero-order valence-corrected chi connectivity index (χ0v) is 14.1. The molecule has 26 heavy (non-hydrogen) atoms. The normalized spacial score (nSPS) is 11.8. The summed E-state index contributed by atoms with van der Waals surface area (Å²) in [4.78, 5) is 40.7. The van der Waals surface area contributed by atoms with Crippen LogP contribution in [0.25, 0.3) is 0 Å². The highest BCUT2D eigenvalue weighted by molar-refractivity contribution is 5.78. The molecule has 0 aliphatic rings. The molecule has 0 aliphatic heterocycles. The number of rotatable bonds is 9. The van der Waals surface area contributed by atoms with E-state index >= 15 is 0 Å². The summed E-state index contributed by atoms with van der Waals surface area (Å²) in [6.07, 6.45) is -2.59. The van der Waals surface area contributed by atoms with Gasteiger partial charge in [0.25, 0.3) is 0 Å². The van der Waals surface area contributed by atoms with Gasteiger partial charge in [0.15, 0.2) is 0 Å². The third-order valence-electron chi connectivity index (χ3n) is 2.25. The Hall–Kier alpha value is -2.32.